The summed E-state index contributed by atoms with van der Waals surface area (Å²) in [5.41, 5.74) is 1.15. The highest BCUT2D eigenvalue weighted by molar-refractivity contribution is 14.0. The van der Waals surface area contributed by atoms with Crippen molar-refractivity contribution in [1.82, 2.24) is 15.5 Å². The summed E-state index contributed by atoms with van der Waals surface area (Å²) in [5, 5.41) is 6.81. The van der Waals surface area contributed by atoms with Crippen molar-refractivity contribution in [3.8, 4) is 5.75 Å². The lowest BCUT2D eigenvalue weighted by atomic mass is 10.1. The van der Waals surface area contributed by atoms with Crippen LogP contribution >= 0.6 is 24.0 Å². The molecule has 1 saturated heterocycles. The number of aliphatic imine (C=N–C) groups is 1. The van der Waals surface area contributed by atoms with E-state index in [-0.39, 0.29) is 30.1 Å². The normalized spacial score (nSPS) is 14.7. The molecule has 1 aromatic rings. The number of hydrogen-bond acceptors (Lipinski definition) is 4. The quantitative estimate of drug-likeness (QED) is 0.237. The highest BCUT2D eigenvalue weighted by Gasteiger charge is 2.23. The van der Waals surface area contributed by atoms with Gasteiger partial charge in [0.05, 0.1) is 13.2 Å². The van der Waals surface area contributed by atoms with Gasteiger partial charge in [0.1, 0.15) is 5.75 Å². The largest absolute Gasteiger partial charge is 0.494 e. The predicted octanol–water partition coefficient (Wildman–Crippen LogP) is 3.77. The average Bonchev–Trinajstić information content (AvgIpc) is 2.72. The van der Waals surface area contributed by atoms with Crippen LogP contribution in [0.5, 0.6) is 5.75 Å². The molecule has 1 amide bonds. The van der Waals surface area contributed by atoms with E-state index in [1.807, 2.05) is 19.1 Å². The van der Waals surface area contributed by atoms with Crippen LogP contribution in [0.4, 0.5) is 4.79 Å². The van der Waals surface area contributed by atoms with Crippen LogP contribution in [0, 0.1) is 0 Å². The smallest absolute Gasteiger partial charge is 0.409 e. The van der Waals surface area contributed by atoms with Crippen molar-refractivity contribution < 1.29 is 14.3 Å². The lowest BCUT2D eigenvalue weighted by Crippen LogP contribution is -2.49. The number of likely N-dealkylation sites (tertiary alicyclic amines) is 1. The summed E-state index contributed by atoms with van der Waals surface area (Å²) in [4.78, 5) is 17.9. The highest BCUT2D eigenvalue weighted by Crippen LogP contribution is 2.14. The van der Waals surface area contributed by atoms with E-state index in [0.717, 1.165) is 49.6 Å². The van der Waals surface area contributed by atoms with E-state index in [9.17, 15) is 4.79 Å². The molecule has 1 aliphatic heterocycles. The number of amides is 1. The Bertz CT molecular complexity index is 634. The first kappa shape index (κ1) is 25.3. The zero-order valence-corrected chi connectivity index (χ0v) is 20.1. The minimum absolute atomic E-state index is 0. The number of piperidine rings is 1. The van der Waals surface area contributed by atoms with Gasteiger partial charge in [0.15, 0.2) is 5.96 Å². The molecule has 2 N–H and O–H groups in total. The lowest BCUT2D eigenvalue weighted by molar-refractivity contribution is 0.0963. The Labute approximate surface area is 191 Å². The third-order valence-electron chi connectivity index (χ3n) is 4.71. The van der Waals surface area contributed by atoms with Crippen molar-refractivity contribution in [2.45, 2.75) is 52.1 Å². The molecule has 0 saturated carbocycles. The topological polar surface area (TPSA) is 75.2 Å². The van der Waals surface area contributed by atoms with Gasteiger partial charge in [-0.2, -0.15) is 0 Å². The molecule has 0 unspecified atom stereocenters. The zero-order chi connectivity index (χ0) is 20.2. The van der Waals surface area contributed by atoms with Crippen LogP contribution in [0.25, 0.3) is 0 Å². The zero-order valence-electron chi connectivity index (χ0n) is 17.8. The molecule has 1 heterocycles. The van der Waals surface area contributed by atoms with Crippen LogP contribution < -0.4 is 15.4 Å². The Hall–Kier alpha value is -1.71. The van der Waals surface area contributed by atoms with Gasteiger partial charge >= 0.3 is 6.09 Å². The minimum Gasteiger partial charge on any atom is -0.494 e. The summed E-state index contributed by atoms with van der Waals surface area (Å²) < 4.78 is 10.8. The van der Waals surface area contributed by atoms with E-state index >= 15 is 0 Å². The van der Waals surface area contributed by atoms with E-state index in [1.54, 1.807) is 11.9 Å². The first-order chi connectivity index (χ1) is 13.7. The van der Waals surface area contributed by atoms with Crippen molar-refractivity contribution in [3.63, 3.8) is 0 Å². The molecule has 7 nitrogen and oxygen atoms in total. The Balaban J connectivity index is 0.00000420. The molecule has 0 aliphatic carbocycles. The fraction of sp³-hybridized carbons (Fsp3) is 0.619. The van der Waals surface area contributed by atoms with Gasteiger partial charge in [-0.05, 0) is 43.9 Å². The Morgan fingerprint density at radius 1 is 1.28 bits per heavy atom. The Morgan fingerprint density at radius 3 is 2.69 bits per heavy atom. The molecule has 1 fully saturated rings. The van der Waals surface area contributed by atoms with Crippen LogP contribution in [0.3, 0.4) is 0 Å². The van der Waals surface area contributed by atoms with E-state index < -0.39 is 0 Å². The fourth-order valence-corrected chi connectivity index (χ4v) is 3.07. The Morgan fingerprint density at radius 2 is 2.03 bits per heavy atom. The number of guanidine groups is 1. The summed E-state index contributed by atoms with van der Waals surface area (Å²) in [6.07, 6.45) is 3.72. The second-order valence-corrected chi connectivity index (χ2v) is 6.88. The number of carbonyl (C=O) groups is 1. The second kappa shape index (κ2) is 14.3. The van der Waals surface area contributed by atoms with Crippen molar-refractivity contribution >= 4 is 36.0 Å². The number of benzene rings is 1. The third-order valence-corrected chi connectivity index (χ3v) is 4.71. The molecule has 0 radical (unpaired) electrons. The monoisotopic (exact) mass is 518 g/mol. The van der Waals surface area contributed by atoms with Crippen molar-refractivity contribution in [3.05, 3.63) is 29.8 Å². The number of ether oxygens (including phenoxy) is 2. The van der Waals surface area contributed by atoms with Gasteiger partial charge in [0, 0.05) is 32.7 Å². The van der Waals surface area contributed by atoms with E-state index in [4.69, 9.17) is 9.47 Å². The molecule has 8 heteroatoms. The molecular weight excluding hydrogens is 483 g/mol. The summed E-state index contributed by atoms with van der Waals surface area (Å²) in [6.45, 7) is 7.22. The fourth-order valence-electron chi connectivity index (χ4n) is 3.07. The van der Waals surface area contributed by atoms with Crippen LogP contribution in [0.15, 0.2) is 29.3 Å². The number of rotatable bonds is 8. The maximum absolute atomic E-state index is 11.8. The number of nitrogens with one attached hydrogen (secondary N) is 2. The SMILES string of the molecule is CCCCOc1cccc(CNC(=NC)NC2CCN(C(=O)OCC)CC2)c1.I. The number of unbranched alkanes of at least 4 members (excludes halogenated alkanes) is 1. The average molecular weight is 518 g/mol. The molecule has 0 aromatic heterocycles. The first-order valence-corrected chi connectivity index (χ1v) is 10.3. The maximum atomic E-state index is 11.8. The lowest BCUT2D eigenvalue weighted by Gasteiger charge is -2.32. The van der Waals surface area contributed by atoms with Crippen LogP contribution in [0.2, 0.25) is 0 Å². The molecule has 0 atom stereocenters. The summed E-state index contributed by atoms with van der Waals surface area (Å²) in [5.74, 6) is 1.67. The second-order valence-electron chi connectivity index (χ2n) is 6.88. The van der Waals surface area contributed by atoms with E-state index in [2.05, 4.69) is 34.7 Å². The first-order valence-electron chi connectivity index (χ1n) is 10.3. The molecule has 1 aliphatic rings. The van der Waals surface area contributed by atoms with Crippen LogP contribution in [0.1, 0.15) is 45.1 Å². The minimum atomic E-state index is -0.218. The van der Waals surface area contributed by atoms with Crippen molar-refractivity contribution in [2.75, 3.05) is 33.4 Å². The van der Waals surface area contributed by atoms with Crippen molar-refractivity contribution in [1.29, 1.82) is 0 Å². The summed E-state index contributed by atoms with van der Waals surface area (Å²) >= 11 is 0. The third kappa shape index (κ3) is 9.10. The Kier molecular flexibility index (Phi) is 12.5. The van der Waals surface area contributed by atoms with Crippen LogP contribution in [-0.4, -0.2) is 56.3 Å². The molecule has 1 aromatic carbocycles. The molecule has 0 spiro atoms. The highest BCUT2D eigenvalue weighted by atomic mass is 127. The van der Waals surface area contributed by atoms with Gasteiger partial charge in [0.2, 0.25) is 0 Å². The number of halogens is 1. The van der Waals surface area contributed by atoms with Gasteiger partial charge in [-0.15, -0.1) is 24.0 Å². The van der Waals surface area contributed by atoms with E-state index in [0.29, 0.717) is 32.3 Å². The number of nitrogens with zero attached hydrogens (tertiary/aromatic N) is 2. The van der Waals surface area contributed by atoms with Gasteiger partial charge in [0.25, 0.3) is 0 Å². The summed E-state index contributed by atoms with van der Waals surface area (Å²) in [6, 6.07) is 8.43. The van der Waals surface area contributed by atoms with Crippen molar-refractivity contribution in [2.24, 2.45) is 4.99 Å². The van der Waals surface area contributed by atoms with Crippen LogP contribution in [-0.2, 0) is 11.3 Å². The molecule has 29 heavy (non-hydrogen) atoms. The summed E-state index contributed by atoms with van der Waals surface area (Å²) in [7, 11) is 1.77. The standard InChI is InChI=1S/C21H34N4O3.HI/c1-4-6-14-28-19-9-7-8-17(15-19)16-23-20(22-3)24-18-10-12-25(13-11-18)21(26)27-5-2;/h7-9,15,18H,4-6,10-14,16H2,1-3H3,(H2,22,23,24);1H. The molecule has 164 valence electrons. The predicted molar refractivity (Wildman–Crippen MR) is 127 cm³/mol. The van der Waals surface area contributed by atoms with Gasteiger partial charge in [-0.1, -0.05) is 25.5 Å². The number of carbonyl (C=O) groups excluding carboxylic acids is 1. The molecular formula is C21H35IN4O3. The van der Waals surface area contributed by atoms with E-state index in [1.165, 1.54) is 0 Å². The number of hydrogen-bond donors (Lipinski definition) is 2. The van der Waals surface area contributed by atoms with Gasteiger partial charge in [-0.3, -0.25) is 4.99 Å². The van der Waals surface area contributed by atoms with Gasteiger partial charge in [-0.25, -0.2) is 4.79 Å². The maximum Gasteiger partial charge on any atom is 0.409 e. The molecule has 0 bridgehead atoms. The van der Waals surface area contributed by atoms with Gasteiger partial charge < -0.3 is 25.0 Å². The molecule has 2 rings (SSSR count).